The predicted molar refractivity (Wildman–Crippen MR) is 87.2 cm³/mol. The monoisotopic (exact) mass is 262 g/mol. The Morgan fingerprint density at radius 3 is 2.26 bits per heavy atom. The van der Waals surface area contributed by atoms with Crippen molar-refractivity contribution in [3.05, 3.63) is 23.3 Å². The van der Waals surface area contributed by atoms with Crippen LogP contribution in [-0.2, 0) is 0 Å². The van der Waals surface area contributed by atoms with E-state index < -0.39 is 0 Å². The molecule has 0 saturated heterocycles. The molecule has 4 unspecified atom stereocenters. The van der Waals surface area contributed by atoms with Crippen molar-refractivity contribution >= 4 is 0 Å². The van der Waals surface area contributed by atoms with Gasteiger partial charge < -0.3 is 0 Å². The van der Waals surface area contributed by atoms with Crippen molar-refractivity contribution in [1.82, 2.24) is 0 Å². The Labute approximate surface area is 121 Å². The minimum atomic E-state index is 0.831. The van der Waals surface area contributed by atoms with Crippen LogP contribution in [0, 0.1) is 29.6 Å². The molecule has 0 radical (unpaired) electrons. The van der Waals surface area contributed by atoms with E-state index in [0.29, 0.717) is 0 Å². The summed E-state index contributed by atoms with van der Waals surface area (Å²) in [7, 11) is 0. The molecule has 19 heavy (non-hydrogen) atoms. The molecule has 0 aromatic carbocycles. The topological polar surface area (TPSA) is 0 Å². The average Bonchev–Trinajstić information content (AvgIpc) is 2.29. The van der Waals surface area contributed by atoms with Gasteiger partial charge in [0.15, 0.2) is 0 Å². The maximum absolute atomic E-state index is 2.47. The summed E-state index contributed by atoms with van der Waals surface area (Å²) in [5.41, 5.74) is 3.27. The van der Waals surface area contributed by atoms with Crippen LogP contribution in [0.3, 0.4) is 0 Å². The van der Waals surface area contributed by atoms with Gasteiger partial charge in [-0.15, -0.1) is 0 Å². The van der Waals surface area contributed by atoms with Crippen LogP contribution in [0.25, 0.3) is 0 Å². The van der Waals surface area contributed by atoms with Crippen LogP contribution < -0.4 is 0 Å². The van der Waals surface area contributed by atoms with E-state index in [-0.39, 0.29) is 0 Å². The molecule has 1 saturated carbocycles. The maximum atomic E-state index is 2.47. The molecule has 0 aromatic rings. The Kier molecular flexibility index (Phi) is 6.36. The molecule has 0 bridgehead atoms. The lowest BCUT2D eigenvalue weighted by molar-refractivity contribution is 0.0572. The summed E-state index contributed by atoms with van der Waals surface area (Å²) in [5, 5.41) is 0. The lowest BCUT2D eigenvalue weighted by Gasteiger charge is -2.48. The van der Waals surface area contributed by atoms with Crippen molar-refractivity contribution in [3.8, 4) is 0 Å². The highest BCUT2D eigenvalue weighted by molar-refractivity contribution is 5.22. The zero-order valence-electron chi connectivity index (χ0n) is 14.2. The third-order valence-corrected chi connectivity index (χ3v) is 4.91. The molecular weight excluding hydrogens is 228 g/mol. The molecule has 1 rings (SSSR count). The van der Waals surface area contributed by atoms with Crippen molar-refractivity contribution < 1.29 is 0 Å². The molecule has 1 aliphatic rings. The summed E-state index contributed by atoms with van der Waals surface area (Å²) in [6, 6.07) is 0. The van der Waals surface area contributed by atoms with Crippen LogP contribution in [0.1, 0.15) is 67.7 Å². The first-order chi connectivity index (χ1) is 8.88. The molecule has 0 aromatic heterocycles. The molecule has 0 spiro atoms. The first-order valence-corrected chi connectivity index (χ1v) is 8.15. The van der Waals surface area contributed by atoms with E-state index in [2.05, 4.69) is 60.6 Å². The molecule has 0 aliphatic heterocycles. The molecule has 0 N–H and O–H groups in total. The summed E-state index contributed by atoms with van der Waals surface area (Å²) in [6.45, 7) is 16.4. The van der Waals surface area contributed by atoms with Gasteiger partial charge in [-0.3, -0.25) is 0 Å². The normalized spacial score (nSPS) is 28.5. The number of hydrogen-bond acceptors (Lipinski definition) is 0. The number of allylic oxidation sites excluding steroid dienone is 4. The Bertz CT molecular complexity index is 328. The van der Waals surface area contributed by atoms with Gasteiger partial charge in [-0.05, 0) is 69.6 Å². The van der Waals surface area contributed by atoms with Gasteiger partial charge in [0, 0.05) is 0 Å². The van der Waals surface area contributed by atoms with E-state index in [0.717, 1.165) is 29.6 Å². The molecule has 0 heterocycles. The Morgan fingerprint density at radius 1 is 1.21 bits per heavy atom. The molecule has 110 valence electrons. The van der Waals surface area contributed by atoms with E-state index >= 15 is 0 Å². The number of rotatable bonds is 6. The molecule has 0 amide bonds. The van der Waals surface area contributed by atoms with E-state index in [1.54, 1.807) is 11.1 Å². The summed E-state index contributed by atoms with van der Waals surface area (Å²) in [6.07, 6.45) is 8.51. The minimum absolute atomic E-state index is 0.831. The predicted octanol–water partition coefficient (Wildman–Crippen LogP) is 6.24. The summed E-state index contributed by atoms with van der Waals surface area (Å²) in [4.78, 5) is 0. The smallest absolute Gasteiger partial charge is 0.0133 e. The van der Waals surface area contributed by atoms with E-state index in [1.807, 2.05) is 0 Å². The highest BCUT2D eigenvalue weighted by Crippen LogP contribution is 2.51. The van der Waals surface area contributed by atoms with Crippen LogP contribution in [0.15, 0.2) is 23.3 Å². The van der Waals surface area contributed by atoms with Crippen LogP contribution in [0.2, 0.25) is 0 Å². The van der Waals surface area contributed by atoms with Gasteiger partial charge in [0.2, 0.25) is 0 Å². The fraction of sp³-hybridized carbons (Fsp3) is 0.789. The first-order valence-electron chi connectivity index (χ1n) is 8.15. The largest absolute Gasteiger partial charge is 0.0913 e. The second kappa shape index (κ2) is 7.31. The van der Waals surface area contributed by atoms with Crippen LogP contribution in [-0.4, -0.2) is 0 Å². The van der Waals surface area contributed by atoms with Gasteiger partial charge in [0.25, 0.3) is 0 Å². The lowest BCUT2D eigenvalue weighted by atomic mass is 9.56. The van der Waals surface area contributed by atoms with Gasteiger partial charge >= 0.3 is 0 Å². The molecule has 0 nitrogen and oxygen atoms in total. The number of hydrogen-bond donors (Lipinski definition) is 0. The third-order valence-electron chi connectivity index (χ3n) is 4.91. The SMILES string of the molecule is CC=CCC(=C(C)C)C1C(C)CC1C(C)CC(C)C. The molecule has 1 fully saturated rings. The van der Waals surface area contributed by atoms with Gasteiger partial charge in [-0.1, -0.05) is 51.0 Å². The third kappa shape index (κ3) is 4.23. The molecule has 4 atom stereocenters. The summed E-state index contributed by atoms with van der Waals surface area (Å²) >= 11 is 0. The van der Waals surface area contributed by atoms with Gasteiger partial charge in [0.05, 0.1) is 0 Å². The zero-order chi connectivity index (χ0) is 14.6. The quantitative estimate of drug-likeness (QED) is 0.497. The van der Waals surface area contributed by atoms with Crippen molar-refractivity contribution in [2.75, 3.05) is 0 Å². The van der Waals surface area contributed by atoms with Crippen molar-refractivity contribution in [2.24, 2.45) is 29.6 Å². The first kappa shape index (κ1) is 16.5. The molecular formula is C19H34. The second-order valence-corrected chi connectivity index (χ2v) is 7.31. The Hall–Kier alpha value is -0.520. The molecule has 0 heteroatoms. The standard InChI is InChI=1S/C19H34/c1-8-9-10-17(14(4)5)19-16(7)12-18(19)15(6)11-13(2)3/h8-9,13,15-16,18-19H,10-12H2,1-7H3. The van der Waals surface area contributed by atoms with Gasteiger partial charge in [0.1, 0.15) is 0 Å². The van der Waals surface area contributed by atoms with E-state index in [4.69, 9.17) is 0 Å². The van der Waals surface area contributed by atoms with E-state index in [1.165, 1.54) is 19.3 Å². The Balaban J connectivity index is 2.80. The highest BCUT2D eigenvalue weighted by atomic mass is 14.5. The summed E-state index contributed by atoms with van der Waals surface area (Å²) in [5.74, 6) is 4.36. The van der Waals surface area contributed by atoms with Crippen LogP contribution in [0.4, 0.5) is 0 Å². The molecule has 1 aliphatic carbocycles. The zero-order valence-corrected chi connectivity index (χ0v) is 14.2. The van der Waals surface area contributed by atoms with Gasteiger partial charge in [-0.2, -0.15) is 0 Å². The van der Waals surface area contributed by atoms with Crippen molar-refractivity contribution in [3.63, 3.8) is 0 Å². The van der Waals surface area contributed by atoms with Crippen LogP contribution in [0.5, 0.6) is 0 Å². The van der Waals surface area contributed by atoms with Crippen molar-refractivity contribution in [2.45, 2.75) is 67.7 Å². The lowest BCUT2D eigenvalue weighted by Crippen LogP contribution is -2.40. The van der Waals surface area contributed by atoms with E-state index in [9.17, 15) is 0 Å². The highest BCUT2D eigenvalue weighted by Gasteiger charge is 2.42. The fourth-order valence-electron chi connectivity index (χ4n) is 3.97. The maximum Gasteiger partial charge on any atom is -0.0133 e. The Morgan fingerprint density at radius 2 is 1.84 bits per heavy atom. The van der Waals surface area contributed by atoms with Gasteiger partial charge in [-0.25, -0.2) is 0 Å². The fourth-order valence-corrected chi connectivity index (χ4v) is 3.97. The second-order valence-electron chi connectivity index (χ2n) is 7.31. The minimum Gasteiger partial charge on any atom is -0.0913 e. The van der Waals surface area contributed by atoms with Crippen LogP contribution >= 0.6 is 0 Å². The average molecular weight is 262 g/mol. The summed E-state index contributed by atoms with van der Waals surface area (Å²) < 4.78 is 0. The van der Waals surface area contributed by atoms with Crippen molar-refractivity contribution in [1.29, 1.82) is 0 Å².